The predicted molar refractivity (Wildman–Crippen MR) is 65.6 cm³/mol. The lowest BCUT2D eigenvalue weighted by atomic mass is 10.0. The first-order chi connectivity index (χ1) is 7.67. The van der Waals surface area contributed by atoms with Crippen LogP contribution < -0.4 is 0 Å². The number of hydrogen-bond acceptors (Lipinski definition) is 2. The first-order valence-corrected chi connectivity index (χ1v) is 5.48. The Kier molecular flexibility index (Phi) is 4.60. The molecule has 0 heterocycles. The van der Waals surface area contributed by atoms with Crippen LogP contribution in [-0.2, 0) is 11.2 Å². The molecule has 0 radical (unpaired) electrons. The van der Waals surface area contributed by atoms with Gasteiger partial charge in [-0.3, -0.25) is 0 Å². The van der Waals surface area contributed by atoms with E-state index in [-0.39, 0.29) is 5.92 Å². The molecule has 0 aliphatic carbocycles. The molecule has 0 spiro atoms. The fourth-order valence-corrected chi connectivity index (χ4v) is 1.48. The van der Waals surface area contributed by atoms with Crippen molar-refractivity contribution in [3.05, 3.63) is 42.0 Å². The zero-order valence-electron chi connectivity index (χ0n) is 9.86. The summed E-state index contributed by atoms with van der Waals surface area (Å²) in [6.45, 7) is 8.34. The highest BCUT2D eigenvalue weighted by Crippen LogP contribution is 2.16. The van der Waals surface area contributed by atoms with Crippen LogP contribution in [-0.4, -0.2) is 6.61 Å². The van der Waals surface area contributed by atoms with Crippen molar-refractivity contribution in [1.29, 1.82) is 5.26 Å². The van der Waals surface area contributed by atoms with Crippen molar-refractivity contribution >= 4 is 5.76 Å². The first kappa shape index (κ1) is 12.3. The van der Waals surface area contributed by atoms with Crippen molar-refractivity contribution < 1.29 is 4.74 Å². The van der Waals surface area contributed by atoms with Crippen LogP contribution in [0.3, 0.4) is 0 Å². The van der Waals surface area contributed by atoms with Crippen LogP contribution in [0.25, 0.3) is 5.76 Å². The van der Waals surface area contributed by atoms with Crippen LogP contribution >= 0.6 is 0 Å². The van der Waals surface area contributed by atoms with E-state index in [1.54, 1.807) is 0 Å². The van der Waals surface area contributed by atoms with Crippen molar-refractivity contribution in [2.45, 2.75) is 20.3 Å². The molecule has 0 saturated carbocycles. The summed E-state index contributed by atoms with van der Waals surface area (Å²) >= 11 is 0. The van der Waals surface area contributed by atoms with Gasteiger partial charge in [0.05, 0.1) is 12.7 Å². The molecule has 1 aromatic carbocycles. The molecule has 1 atom stereocenters. The van der Waals surface area contributed by atoms with E-state index in [2.05, 4.69) is 12.6 Å². The molecular weight excluding hydrogens is 198 g/mol. The standard InChI is InChI=1S/C14H17NO/c1-4-16-12(3)14-7-5-13(6-8-14)9-11(2)10-15/h5-8,11H,3-4,9H2,1-2H3/t11-/m0/s1. The van der Waals surface area contributed by atoms with Crippen molar-refractivity contribution in [3.63, 3.8) is 0 Å². The highest BCUT2D eigenvalue weighted by molar-refractivity contribution is 5.57. The Balaban J connectivity index is 2.68. The molecule has 1 aromatic rings. The maximum absolute atomic E-state index is 8.72. The van der Waals surface area contributed by atoms with Crippen molar-refractivity contribution in [2.24, 2.45) is 5.92 Å². The average Bonchev–Trinajstić information content (AvgIpc) is 2.30. The number of benzene rings is 1. The van der Waals surface area contributed by atoms with Crippen LogP contribution in [0.2, 0.25) is 0 Å². The first-order valence-electron chi connectivity index (χ1n) is 5.48. The molecule has 0 unspecified atom stereocenters. The molecule has 84 valence electrons. The van der Waals surface area contributed by atoms with E-state index >= 15 is 0 Å². The number of nitrogens with zero attached hydrogens (tertiary/aromatic N) is 1. The van der Waals surface area contributed by atoms with Gasteiger partial charge in [0, 0.05) is 11.5 Å². The summed E-state index contributed by atoms with van der Waals surface area (Å²) < 4.78 is 5.32. The molecule has 0 saturated heterocycles. The van der Waals surface area contributed by atoms with E-state index in [1.165, 1.54) is 5.56 Å². The normalized spacial score (nSPS) is 11.6. The molecule has 16 heavy (non-hydrogen) atoms. The topological polar surface area (TPSA) is 33.0 Å². The van der Waals surface area contributed by atoms with Gasteiger partial charge in [0.2, 0.25) is 0 Å². The van der Waals surface area contributed by atoms with Crippen molar-refractivity contribution in [3.8, 4) is 6.07 Å². The van der Waals surface area contributed by atoms with Gasteiger partial charge in [0.25, 0.3) is 0 Å². The largest absolute Gasteiger partial charge is 0.494 e. The van der Waals surface area contributed by atoms with Crippen molar-refractivity contribution in [1.82, 2.24) is 0 Å². The predicted octanol–water partition coefficient (Wildman–Crippen LogP) is 3.40. The Bertz CT molecular complexity index is 386. The van der Waals surface area contributed by atoms with Gasteiger partial charge in [-0.25, -0.2) is 0 Å². The lowest BCUT2D eigenvalue weighted by Gasteiger charge is -2.08. The second kappa shape index (κ2) is 5.97. The number of ether oxygens (including phenoxy) is 1. The monoisotopic (exact) mass is 215 g/mol. The van der Waals surface area contributed by atoms with Crippen LogP contribution in [0, 0.1) is 17.2 Å². The van der Waals surface area contributed by atoms with Gasteiger partial charge < -0.3 is 4.74 Å². The fraction of sp³-hybridized carbons (Fsp3) is 0.357. The SMILES string of the molecule is C=C(OCC)c1ccc(C[C@H](C)C#N)cc1. The van der Waals surface area contributed by atoms with Gasteiger partial charge in [-0.1, -0.05) is 30.8 Å². The quantitative estimate of drug-likeness (QED) is 0.705. The van der Waals surface area contributed by atoms with Crippen LogP contribution in [0.15, 0.2) is 30.8 Å². The third kappa shape index (κ3) is 3.43. The van der Waals surface area contributed by atoms with Gasteiger partial charge >= 0.3 is 0 Å². The lowest BCUT2D eigenvalue weighted by Crippen LogP contribution is -1.96. The molecule has 0 fully saturated rings. The molecule has 1 rings (SSSR count). The Morgan fingerprint density at radius 3 is 2.56 bits per heavy atom. The van der Waals surface area contributed by atoms with Crippen molar-refractivity contribution in [2.75, 3.05) is 6.61 Å². The van der Waals surface area contributed by atoms with Gasteiger partial charge in [-0.05, 0) is 25.8 Å². The van der Waals surface area contributed by atoms with Gasteiger partial charge in [0.15, 0.2) is 0 Å². The van der Waals surface area contributed by atoms with E-state index in [9.17, 15) is 0 Å². The van der Waals surface area contributed by atoms with E-state index in [0.717, 1.165) is 12.0 Å². The minimum atomic E-state index is 0.0564. The molecule has 0 aliphatic heterocycles. The third-order valence-electron chi connectivity index (χ3n) is 2.36. The Labute approximate surface area is 97.2 Å². The smallest absolute Gasteiger partial charge is 0.119 e. The molecular formula is C14H17NO. The summed E-state index contributed by atoms with van der Waals surface area (Å²) in [4.78, 5) is 0. The minimum Gasteiger partial charge on any atom is -0.494 e. The zero-order chi connectivity index (χ0) is 12.0. The summed E-state index contributed by atoms with van der Waals surface area (Å²) in [6, 6.07) is 10.2. The lowest BCUT2D eigenvalue weighted by molar-refractivity contribution is 0.299. The highest BCUT2D eigenvalue weighted by Gasteiger charge is 2.03. The summed E-state index contributed by atoms with van der Waals surface area (Å²) in [5, 5.41) is 8.72. The van der Waals surface area contributed by atoms with Gasteiger partial charge in [-0.15, -0.1) is 0 Å². The van der Waals surface area contributed by atoms with E-state index in [0.29, 0.717) is 12.4 Å². The molecule has 0 aliphatic rings. The molecule has 2 heteroatoms. The van der Waals surface area contributed by atoms with Crippen LogP contribution in [0.1, 0.15) is 25.0 Å². The van der Waals surface area contributed by atoms with Crippen LogP contribution in [0.4, 0.5) is 0 Å². The summed E-state index contributed by atoms with van der Waals surface area (Å²) in [5.74, 6) is 0.753. The summed E-state index contributed by atoms with van der Waals surface area (Å²) in [7, 11) is 0. The summed E-state index contributed by atoms with van der Waals surface area (Å²) in [5.41, 5.74) is 2.16. The number of rotatable bonds is 5. The molecule has 0 N–H and O–H groups in total. The molecule has 0 bridgehead atoms. The maximum Gasteiger partial charge on any atom is 0.119 e. The Hall–Kier alpha value is -1.75. The van der Waals surface area contributed by atoms with E-state index < -0.39 is 0 Å². The molecule has 2 nitrogen and oxygen atoms in total. The number of nitriles is 1. The maximum atomic E-state index is 8.72. The van der Waals surface area contributed by atoms with Gasteiger partial charge in [0.1, 0.15) is 5.76 Å². The van der Waals surface area contributed by atoms with E-state index in [1.807, 2.05) is 38.1 Å². The minimum absolute atomic E-state index is 0.0564. The Morgan fingerprint density at radius 1 is 1.44 bits per heavy atom. The van der Waals surface area contributed by atoms with E-state index in [4.69, 9.17) is 10.00 Å². The third-order valence-corrected chi connectivity index (χ3v) is 2.36. The molecule has 0 aromatic heterocycles. The highest BCUT2D eigenvalue weighted by atomic mass is 16.5. The summed E-state index contributed by atoms with van der Waals surface area (Å²) in [6.07, 6.45) is 0.790. The second-order valence-electron chi connectivity index (χ2n) is 3.79. The second-order valence-corrected chi connectivity index (χ2v) is 3.79. The fourth-order valence-electron chi connectivity index (χ4n) is 1.48. The number of hydrogen-bond donors (Lipinski definition) is 0. The Morgan fingerprint density at radius 2 is 2.06 bits per heavy atom. The molecule has 0 amide bonds. The average molecular weight is 215 g/mol. The van der Waals surface area contributed by atoms with Gasteiger partial charge in [-0.2, -0.15) is 5.26 Å². The zero-order valence-corrected chi connectivity index (χ0v) is 9.86. The van der Waals surface area contributed by atoms with Crippen LogP contribution in [0.5, 0.6) is 0 Å².